The second-order valence-electron chi connectivity index (χ2n) is 4.82. The molecule has 0 radical (unpaired) electrons. The van der Waals surface area contributed by atoms with Crippen LogP contribution in [0.3, 0.4) is 0 Å². The highest BCUT2D eigenvalue weighted by Crippen LogP contribution is 2.24. The van der Waals surface area contributed by atoms with Crippen LogP contribution < -0.4 is 5.32 Å². The molecule has 22 heavy (non-hydrogen) atoms. The van der Waals surface area contributed by atoms with Crippen LogP contribution in [0.5, 0.6) is 0 Å². The summed E-state index contributed by atoms with van der Waals surface area (Å²) in [5.74, 6) is 0. The van der Waals surface area contributed by atoms with Gasteiger partial charge in [-0.15, -0.1) is 0 Å². The molecule has 6 nitrogen and oxygen atoms in total. The third kappa shape index (κ3) is 4.00. The largest absolute Gasteiger partial charge is 0.271 e. The van der Waals surface area contributed by atoms with Crippen LogP contribution in [0, 0.1) is 11.5 Å². The van der Waals surface area contributed by atoms with Crippen molar-refractivity contribution in [2.75, 3.05) is 19.3 Å². The van der Waals surface area contributed by atoms with E-state index >= 15 is 0 Å². The van der Waals surface area contributed by atoms with Crippen LogP contribution in [0.2, 0.25) is 0 Å². The fourth-order valence-electron chi connectivity index (χ4n) is 2.26. The molecular weight excluding hydrogens is 320 g/mol. The van der Waals surface area contributed by atoms with Crippen molar-refractivity contribution >= 4 is 32.6 Å². The molecule has 1 aromatic carbocycles. The zero-order valence-electron chi connectivity index (χ0n) is 12.3. The molecule has 1 aliphatic rings. The Bertz CT molecular complexity index is 689. The Morgan fingerprint density at radius 2 is 2.09 bits per heavy atom. The minimum atomic E-state index is -3.47. The molecule has 0 atom stereocenters. The zero-order chi connectivity index (χ0) is 16.0. The van der Waals surface area contributed by atoms with Gasteiger partial charge in [-0.2, -0.15) is 9.57 Å². The highest BCUT2D eigenvalue weighted by Gasteiger charge is 2.25. The van der Waals surface area contributed by atoms with Gasteiger partial charge in [-0.1, -0.05) is 24.2 Å². The molecule has 0 aliphatic carbocycles. The number of hydrogen-bond acceptors (Lipinski definition) is 5. The zero-order valence-corrected chi connectivity index (χ0v) is 14.0. The van der Waals surface area contributed by atoms with Gasteiger partial charge in [0, 0.05) is 13.1 Å². The monoisotopic (exact) mass is 338 g/mol. The van der Waals surface area contributed by atoms with Crippen LogP contribution in [-0.4, -0.2) is 37.2 Å². The molecule has 1 fully saturated rings. The van der Waals surface area contributed by atoms with Crippen LogP contribution in [-0.2, 0) is 10.0 Å². The van der Waals surface area contributed by atoms with Gasteiger partial charge in [-0.3, -0.25) is 5.32 Å². The van der Waals surface area contributed by atoms with Gasteiger partial charge in [0.05, 0.1) is 10.6 Å². The summed E-state index contributed by atoms with van der Waals surface area (Å²) in [5.41, 5.74) is 0.505. The number of aliphatic imine (C=N–C) groups is 1. The summed E-state index contributed by atoms with van der Waals surface area (Å²) in [6.45, 7) is 1.14. The van der Waals surface area contributed by atoms with E-state index in [1.54, 1.807) is 30.5 Å². The van der Waals surface area contributed by atoms with E-state index in [9.17, 15) is 8.42 Å². The molecule has 2 rings (SSSR count). The van der Waals surface area contributed by atoms with Crippen LogP contribution in [0.15, 0.2) is 34.2 Å². The van der Waals surface area contributed by atoms with E-state index in [0.717, 1.165) is 19.3 Å². The van der Waals surface area contributed by atoms with Crippen molar-refractivity contribution in [2.24, 2.45) is 4.99 Å². The normalized spacial score (nSPS) is 17.0. The smallest absolute Gasteiger partial charge is 0.243 e. The van der Waals surface area contributed by atoms with Crippen molar-refractivity contribution in [3.8, 4) is 6.19 Å². The predicted octanol–water partition coefficient (Wildman–Crippen LogP) is 2.28. The van der Waals surface area contributed by atoms with Crippen molar-refractivity contribution in [3.63, 3.8) is 0 Å². The van der Waals surface area contributed by atoms with Crippen LogP contribution in [0.1, 0.15) is 19.3 Å². The molecule has 1 aromatic rings. The van der Waals surface area contributed by atoms with Crippen LogP contribution >= 0.6 is 11.8 Å². The first-order valence-electron chi connectivity index (χ1n) is 6.96. The molecule has 8 heteroatoms. The second kappa shape index (κ2) is 7.63. The number of thioether (sulfide) groups is 1. The van der Waals surface area contributed by atoms with E-state index in [-0.39, 0.29) is 4.90 Å². The fourth-order valence-corrected chi connectivity index (χ4v) is 4.16. The van der Waals surface area contributed by atoms with E-state index < -0.39 is 10.0 Å². The van der Waals surface area contributed by atoms with Gasteiger partial charge >= 0.3 is 0 Å². The average molecular weight is 338 g/mol. The topological polar surface area (TPSA) is 85.6 Å². The maximum atomic E-state index is 12.6. The standard InChI is InChI=1S/C14H18N4O2S2/c1-21-14(16-11-15)17-12-6-5-7-13(10-12)22(19,20)18-8-3-2-4-9-18/h5-7,10H,2-4,8-9H2,1H3,(H,16,17). The molecule has 1 aliphatic heterocycles. The van der Waals surface area contributed by atoms with Gasteiger partial charge in [-0.25, -0.2) is 13.4 Å². The van der Waals surface area contributed by atoms with E-state index in [4.69, 9.17) is 5.26 Å². The van der Waals surface area contributed by atoms with Crippen LogP contribution in [0.25, 0.3) is 0 Å². The Kier molecular flexibility index (Phi) is 5.83. The Morgan fingerprint density at radius 1 is 1.36 bits per heavy atom. The first-order chi connectivity index (χ1) is 10.6. The molecule has 0 amide bonds. The lowest BCUT2D eigenvalue weighted by atomic mass is 10.2. The summed E-state index contributed by atoms with van der Waals surface area (Å²) in [5, 5.41) is 11.5. The number of nitrogens with one attached hydrogen (secondary N) is 1. The molecule has 1 saturated heterocycles. The van der Waals surface area contributed by atoms with Crippen molar-refractivity contribution in [1.29, 1.82) is 5.26 Å². The number of rotatable bonds is 3. The third-order valence-electron chi connectivity index (χ3n) is 3.36. The molecular formula is C14H18N4O2S2. The van der Waals surface area contributed by atoms with E-state index in [0.29, 0.717) is 23.9 Å². The number of hydrogen-bond donors (Lipinski definition) is 1. The molecule has 0 saturated carbocycles. The molecule has 1 N–H and O–H groups in total. The summed E-state index contributed by atoms with van der Waals surface area (Å²) < 4.78 is 26.8. The summed E-state index contributed by atoms with van der Waals surface area (Å²) in [7, 11) is -3.47. The molecule has 0 unspecified atom stereocenters. The lowest BCUT2D eigenvalue weighted by Crippen LogP contribution is -2.35. The van der Waals surface area contributed by atoms with Crippen molar-refractivity contribution in [3.05, 3.63) is 24.3 Å². The Hall–Kier alpha value is -1.56. The van der Waals surface area contributed by atoms with Crippen molar-refractivity contribution in [2.45, 2.75) is 24.2 Å². The van der Waals surface area contributed by atoms with E-state index in [1.165, 1.54) is 16.1 Å². The number of nitrogens with zero attached hydrogens (tertiary/aromatic N) is 3. The SMILES string of the molecule is CSC(=Nc1cccc(S(=O)(=O)N2CCCCC2)c1)NC#N. The first kappa shape index (κ1) is 16.8. The van der Waals surface area contributed by atoms with Crippen LogP contribution in [0.4, 0.5) is 5.69 Å². The summed E-state index contributed by atoms with van der Waals surface area (Å²) in [6, 6.07) is 6.50. The van der Waals surface area contributed by atoms with Gasteiger partial charge < -0.3 is 0 Å². The minimum Gasteiger partial charge on any atom is -0.271 e. The third-order valence-corrected chi connectivity index (χ3v) is 5.83. The van der Waals surface area contributed by atoms with Gasteiger partial charge in [0.25, 0.3) is 0 Å². The fraction of sp³-hybridized carbons (Fsp3) is 0.429. The number of sulfonamides is 1. The predicted molar refractivity (Wildman–Crippen MR) is 88.4 cm³/mol. The molecule has 1 heterocycles. The average Bonchev–Trinajstić information content (AvgIpc) is 2.55. The highest BCUT2D eigenvalue weighted by molar-refractivity contribution is 8.13. The van der Waals surface area contributed by atoms with Gasteiger partial charge in [0.2, 0.25) is 10.0 Å². The summed E-state index contributed by atoms with van der Waals surface area (Å²) in [4.78, 5) is 4.49. The number of nitriles is 1. The van der Waals surface area contributed by atoms with E-state index in [2.05, 4.69) is 10.3 Å². The summed E-state index contributed by atoms with van der Waals surface area (Å²) >= 11 is 1.29. The lowest BCUT2D eigenvalue weighted by molar-refractivity contribution is 0.346. The second-order valence-corrected chi connectivity index (χ2v) is 7.55. The molecule has 0 bridgehead atoms. The number of amidine groups is 1. The summed E-state index contributed by atoms with van der Waals surface area (Å²) in [6.07, 6.45) is 6.48. The molecule has 0 spiro atoms. The highest BCUT2D eigenvalue weighted by atomic mass is 32.2. The maximum Gasteiger partial charge on any atom is 0.243 e. The van der Waals surface area contributed by atoms with Crippen molar-refractivity contribution < 1.29 is 8.42 Å². The van der Waals surface area contributed by atoms with Gasteiger partial charge in [-0.05, 0) is 37.3 Å². The number of benzene rings is 1. The molecule has 0 aromatic heterocycles. The van der Waals surface area contributed by atoms with E-state index in [1.807, 2.05) is 6.19 Å². The van der Waals surface area contributed by atoms with Gasteiger partial charge in [0.15, 0.2) is 11.4 Å². The number of piperidine rings is 1. The first-order valence-corrected chi connectivity index (χ1v) is 9.62. The maximum absolute atomic E-state index is 12.6. The minimum absolute atomic E-state index is 0.244. The molecule has 118 valence electrons. The van der Waals surface area contributed by atoms with Crippen molar-refractivity contribution in [1.82, 2.24) is 9.62 Å². The van der Waals surface area contributed by atoms with Gasteiger partial charge in [0.1, 0.15) is 0 Å². The Balaban J connectivity index is 2.29. The lowest BCUT2D eigenvalue weighted by Gasteiger charge is -2.25. The quantitative estimate of drug-likeness (QED) is 0.395. The Labute approximate surface area is 135 Å². The Morgan fingerprint density at radius 3 is 2.73 bits per heavy atom.